The Balaban J connectivity index is 2.42. The molecule has 2 unspecified atom stereocenters. The molecule has 0 amide bonds. The van der Waals surface area contributed by atoms with E-state index in [1.165, 1.54) is 45.2 Å². The van der Waals surface area contributed by atoms with Gasteiger partial charge in [0.05, 0.1) is 6.10 Å². The Labute approximate surface area is 102 Å². The van der Waals surface area contributed by atoms with Crippen LogP contribution in [0.15, 0.2) is 0 Å². The maximum atomic E-state index is 5.49. The molecule has 0 aromatic rings. The predicted octanol–water partition coefficient (Wildman–Crippen LogP) is 3.05. The van der Waals surface area contributed by atoms with Crippen molar-refractivity contribution in [3.8, 4) is 0 Å². The number of halogens is 1. The number of hydrogen-bond acceptors (Lipinski definition) is 2. The molecule has 0 spiro atoms. The van der Waals surface area contributed by atoms with Gasteiger partial charge in [-0.1, -0.05) is 22.9 Å². The molecule has 1 aliphatic rings. The number of rotatable bonds is 6. The van der Waals surface area contributed by atoms with Crippen molar-refractivity contribution < 1.29 is 4.74 Å². The van der Waals surface area contributed by atoms with Crippen molar-refractivity contribution in [1.29, 1.82) is 0 Å². The van der Waals surface area contributed by atoms with Gasteiger partial charge >= 0.3 is 0 Å². The van der Waals surface area contributed by atoms with Crippen LogP contribution in [0.3, 0.4) is 0 Å². The Bertz CT molecular complexity index is 160. The highest BCUT2D eigenvalue weighted by Gasteiger charge is 2.25. The second-order valence-corrected chi connectivity index (χ2v) is 5.20. The third-order valence-electron chi connectivity index (χ3n) is 3.33. The summed E-state index contributed by atoms with van der Waals surface area (Å²) in [6.45, 7) is 4.67. The first-order valence-electron chi connectivity index (χ1n) is 6.14. The number of methoxy groups -OCH3 is 1. The summed E-state index contributed by atoms with van der Waals surface area (Å²) in [6, 6.07) is 0.751. The molecule has 1 fully saturated rings. The van der Waals surface area contributed by atoms with Crippen LogP contribution in [-0.2, 0) is 4.74 Å². The second-order valence-electron chi connectivity index (χ2n) is 4.40. The van der Waals surface area contributed by atoms with Gasteiger partial charge in [-0.3, -0.25) is 4.90 Å². The molecule has 2 atom stereocenters. The van der Waals surface area contributed by atoms with Crippen molar-refractivity contribution in [2.24, 2.45) is 0 Å². The molecular weight excluding hydrogens is 254 g/mol. The first kappa shape index (κ1) is 13.5. The van der Waals surface area contributed by atoms with Crippen molar-refractivity contribution in [1.82, 2.24) is 4.90 Å². The second kappa shape index (κ2) is 7.64. The summed E-state index contributed by atoms with van der Waals surface area (Å²) in [6.07, 6.45) is 6.91. The fourth-order valence-electron chi connectivity index (χ4n) is 2.54. The summed E-state index contributed by atoms with van der Waals surface area (Å²) in [5.74, 6) is 0. The summed E-state index contributed by atoms with van der Waals surface area (Å²) in [5.41, 5.74) is 0. The molecule has 1 saturated carbocycles. The highest BCUT2D eigenvalue weighted by molar-refractivity contribution is 9.09. The van der Waals surface area contributed by atoms with Gasteiger partial charge in [-0.25, -0.2) is 0 Å². The van der Waals surface area contributed by atoms with Crippen LogP contribution >= 0.6 is 15.9 Å². The van der Waals surface area contributed by atoms with E-state index < -0.39 is 0 Å². The average Bonchev–Trinajstić information content (AvgIpc) is 2.29. The number of alkyl halides is 1. The zero-order chi connectivity index (χ0) is 11.1. The lowest BCUT2D eigenvalue weighted by atomic mass is 9.91. The van der Waals surface area contributed by atoms with Gasteiger partial charge in [0.25, 0.3) is 0 Å². The molecule has 1 rings (SSSR count). The minimum Gasteiger partial charge on any atom is -0.381 e. The van der Waals surface area contributed by atoms with Crippen LogP contribution in [-0.4, -0.2) is 42.6 Å². The predicted molar refractivity (Wildman–Crippen MR) is 68.7 cm³/mol. The molecule has 3 heteroatoms. The fourth-order valence-corrected chi connectivity index (χ4v) is 2.99. The first-order valence-corrected chi connectivity index (χ1v) is 7.26. The van der Waals surface area contributed by atoms with Crippen LogP contribution < -0.4 is 0 Å². The van der Waals surface area contributed by atoms with E-state index in [2.05, 4.69) is 27.8 Å². The molecule has 0 bridgehead atoms. The van der Waals surface area contributed by atoms with Crippen molar-refractivity contribution in [2.75, 3.05) is 25.5 Å². The van der Waals surface area contributed by atoms with Crippen molar-refractivity contribution in [3.05, 3.63) is 0 Å². The van der Waals surface area contributed by atoms with Crippen LogP contribution in [0.2, 0.25) is 0 Å². The van der Waals surface area contributed by atoms with E-state index in [1.54, 1.807) is 0 Å². The van der Waals surface area contributed by atoms with Gasteiger partial charge in [-0.2, -0.15) is 0 Å². The fraction of sp³-hybridized carbons (Fsp3) is 1.00. The third kappa shape index (κ3) is 4.41. The SMILES string of the molecule is CCCN(CCBr)C1CCCC(OC)C1. The lowest BCUT2D eigenvalue weighted by molar-refractivity contribution is 0.0296. The quantitative estimate of drug-likeness (QED) is 0.692. The molecule has 0 aromatic heterocycles. The van der Waals surface area contributed by atoms with E-state index in [0.29, 0.717) is 6.10 Å². The van der Waals surface area contributed by atoms with Crippen molar-refractivity contribution in [2.45, 2.75) is 51.2 Å². The summed E-state index contributed by atoms with van der Waals surface area (Å²) in [5, 5.41) is 1.08. The summed E-state index contributed by atoms with van der Waals surface area (Å²) in [7, 11) is 1.85. The van der Waals surface area contributed by atoms with Crippen molar-refractivity contribution >= 4 is 15.9 Å². The Kier molecular flexibility index (Phi) is 6.86. The van der Waals surface area contributed by atoms with Crippen LogP contribution in [0, 0.1) is 0 Å². The van der Waals surface area contributed by atoms with Crippen LogP contribution in [0.25, 0.3) is 0 Å². The van der Waals surface area contributed by atoms with Gasteiger partial charge in [-0.05, 0) is 38.6 Å². The van der Waals surface area contributed by atoms with Gasteiger partial charge in [0.2, 0.25) is 0 Å². The summed E-state index contributed by atoms with van der Waals surface area (Å²) in [4.78, 5) is 2.62. The molecule has 2 nitrogen and oxygen atoms in total. The average molecular weight is 278 g/mol. The summed E-state index contributed by atoms with van der Waals surface area (Å²) < 4.78 is 5.49. The van der Waals surface area contributed by atoms with E-state index in [0.717, 1.165) is 11.4 Å². The minimum atomic E-state index is 0.499. The first-order chi connectivity index (χ1) is 7.31. The molecule has 0 radical (unpaired) electrons. The number of ether oxygens (including phenoxy) is 1. The normalized spacial score (nSPS) is 27.2. The molecule has 0 aromatic carbocycles. The van der Waals surface area contributed by atoms with Gasteiger partial charge in [0.1, 0.15) is 0 Å². The topological polar surface area (TPSA) is 12.5 Å². The Morgan fingerprint density at radius 2 is 2.13 bits per heavy atom. The van der Waals surface area contributed by atoms with E-state index in [9.17, 15) is 0 Å². The number of hydrogen-bond donors (Lipinski definition) is 0. The molecule has 0 N–H and O–H groups in total. The van der Waals surface area contributed by atoms with Crippen molar-refractivity contribution in [3.63, 3.8) is 0 Å². The molecule has 1 aliphatic carbocycles. The van der Waals surface area contributed by atoms with Crippen LogP contribution in [0.1, 0.15) is 39.0 Å². The molecule has 0 aliphatic heterocycles. The minimum absolute atomic E-state index is 0.499. The van der Waals surface area contributed by atoms with Gasteiger partial charge in [-0.15, -0.1) is 0 Å². The maximum absolute atomic E-state index is 5.49. The zero-order valence-corrected chi connectivity index (χ0v) is 11.6. The summed E-state index contributed by atoms with van der Waals surface area (Å²) >= 11 is 3.55. The van der Waals surface area contributed by atoms with E-state index in [-0.39, 0.29) is 0 Å². The largest absolute Gasteiger partial charge is 0.381 e. The lowest BCUT2D eigenvalue weighted by Gasteiger charge is -2.36. The molecule has 15 heavy (non-hydrogen) atoms. The zero-order valence-electron chi connectivity index (χ0n) is 10.0. The standard InChI is InChI=1S/C12H24BrNO/c1-3-8-14(9-7-13)11-5-4-6-12(10-11)15-2/h11-12H,3-10H2,1-2H3. The molecule has 0 saturated heterocycles. The molecular formula is C12H24BrNO. The smallest absolute Gasteiger partial charge is 0.0586 e. The highest BCUT2D eigenvalue weighted by atomic mass is 79.9. The van der Waals surface area contributed by atoms with E-state index in [1.807, 2.05) is 7.11 Å². The van der Waals surface area contributed by atoms with Gasteiger partial charge < -0.3 is 4.74 Å². The van der Waals surface area contributed by atoms with Gasteiger partial charge in [0, 0.05) is 25.0 Å². The van der Waals surface area contributed by atoms with E-state index in [4.69, 9.17) is 4.74 Å². The monoisotopic (exact) mass is 277 g/mol. The Morgan fingerprint density at radius 1 is 1.33 bits per heavy atom. The molecule has 0 heterocycles. The maximum Gasteiger partial charge on any atom is 0.0586 e. The Hall–Kier alpha value is 0.400. The lowest BCUT2D eigenvalue weighted by Crippen LogP contribution is -2.42. The van der Waals surface area contributed by atoms with Crippen LogP contribution in [0.5, 0.6) is 0 Å². The third-order valence-corrected chi connectivity index (χ3v) is 3.69. The highest BCUT2D eigenvalue weighted by Crippen LogP contribution is 2.25. The van der Waals surface area contributed by atoms with Gasteiger partial charge in [0.15, 0.2) is 0 Å². The molecule has 90 valence electrons. The van der Waals surface area contributed by atoms with Crippen LogP contribution in [0.4, 0.5) is 0 Å². The van der Waals surface area contributed by atoms with E-state index >= 15 is 0 Å². The Morgan fingerprint density at radius 3 is 2.73 bits per heavy atom. The number of nitrogens with zero attached hydrogens (tertiary/aromatic N) is 1.